The molecule has 1 fully saturated rings. The number of carbonyl (C=O) groups excluding carboxylic acids is 1. The van der Waals surface area contributed by atoms with Crippen LogP contribution in [-0.2, 0) is 9.59 Å². The van der Waals surface area contributed by atoms with Crippen molar-refractivity contribution < 1.29 is 14.7 Å². The highest BCUT2D eigenvalue weighted by Gasteiger charge is 2.29. The Morgan fingerprint density at radius 1 is 1.38 bits per heavy atom. The smallest absolute Gasteiger partial charge is 0.308 e. The number of aliphatic carboxylic acids is 1. The lowest BCUT2D eigenvalue weighted by Crippen LogP contribution is -2.28. The lowest BCUT2D eigenvalue weighted by molar-refractivity contribution is -0.141. The monoisotopic (exact) mass is 302 g/mol. The number of nitrogens with zero attached hydrogens (tertiary/aromatic N) is 2. The summed E-state index contributed by atoms with van der Waals surface area (Å²) in [5.74, 6) is -1.43. The summed E-state index contributed by atoms with van der Waals surface area (Å²) in [6, 6.07) is 7.80. The van der Waals surface area contributed by atoms with Crippen LogP contribution in [0.15, 0.2) is 30.3 Å². The van der Waals surface area contributed by atoms with Crippen molar-refractivity contribution in [3.63, 3.8) is 0 Å². The van der Waals surface area contributed by atoms with Gasteiger partial charge in [0.05, 0.1) is 16.1 Å². The second-order valence-electron chi connectivity index (χ2n) is 4.96. The summed E-state index contributed by atoms with van der Waals surface area (Å²) in [5.41, 5.74) is 0.918. The Bertz CT molecular complexity index is 690. The minimum absolute atomic E-state index is 0.155. The highest BCUT2D eigenvalue weighted by molar-refractivity contribution is 7.19. The summed E-state index contributed by atoms with van der Waals surface area (Å²) in [6.45, 7) is 0.790. The number of amides is 1. The van der Waals surface area contributed by atoms with Gasteiger partial charge in [-0.2, -0.15) is 0 Å². The van der Waals surface area contributed by atoms with Crippen molar-refractivity contribution in [1.82, 2.24) is 9.88 Å². The number of carboxylic acid groups (broad SMARTS) is 1. The maximum atomic E-state index is 12.0. The van der Waals surface area contributed by atoms with E-state index in [4.69, 9.17) is 5.11 Å². The highest BCUT2D eigenvalue weighted by atomic mass is 32.1. The Kier molecular flexibility index (Phi) is 3.70. The normalized spacial score (nSPS) is 18.7. The van der Waals surface area contributed by atoms with E-state index in [1.807, 2.05) is 24.3 Å². The van der Waals surface area contributed by atoms with Crippen LogP contribution < -0.4 is 0 Å². The SMILES string of the molecule is O=C(O)C1CCN(C(=O)C=Cc2nc3ccccc3s2)C1. The van der Waals surface area contributed by atoms with Crippen molar-refractivity contribution in [3.8, 4) is 0 Å². The van der Waals surface area contributed by atoms with Crippen molar-refractivity contribution in [1.29, 1.82) is 0 Å². The first-order chi connectivity index (χ1) is 10.1. The largest absolute Gasteiger partial charge is 0.481 e. The van der Waals surface area contributed by atoms with Crippen LogP contribution in [0.1, 0.15) is 11.4 Å². The zero-order valence-electron chi connectivity index (χ0n) is 11.2. The van der Waals surface area contributed by atoms with Crippen LogP contribution in [0.3, 0.4) is 0 Å². The number of likely N-dealkylation sites (tertiary alicyclic amines) is 1. The van der Waals surface area contributed by atoms with Crippen LogP contribution in [0.5, 0.6) is 0 Å². The fourth-order valence-corrected chi connectivity index (χ4v) is 3.24. The number of para-hydroxylation sites is 1. The molecule has 1 N–H and O–H groups in total. The molecule has 1 unspecified atom stereocenters. The third-order valence-corrected chi connectivity index (χ3v) is 4.53. The Balaban J connectivity index is 1.68. The quantitative estimate of drug-likeness (QED) is 0.883. The van der Waals surface area contributed by atoms with E-state index < -0.39 is 11.9 Å². The lowest BCUT2D eigenvalue weighted by atomic mass is 10.1. The Morgan fingerprint density at radius 3 is 2.90 bits per heavy atom. The molecule has 108 valence electrons. The van der Waals surface area contributed by atoms with Gasteiger partial charge in [-0.15, -0.1) is 11.3 Å². The minimum atomic E-state index is -0.833. The maximum Gasteiger partial charge on any atom is 0.308 e. The van der Waals surface area contributed by atoms with Crippen LogP contribution in [0.25, 0.3) is 16.3 Å². The molecule has 1 aromatic heterocycles. The number of carbonyl (C=O) groups is 2. The van der Waals surface area contributed by atoms with Gasteiger partial charge in [0, 0.05) is 19.2 Å². The van der Waals surface area contributed by atoms with Gasteiger partial charge in [-0.3, -0.25) is 9.59 Å². The zero-order chi connectivity index (χ0) is 14.8. The van der Waals surface area contributed by atoms with Gasteiger partial charge in [-0.05, 0) is 24.6 Å². The molecular weight excluding hydrogens is 288 g/mol. The van der Waals surface area contributed by atoms with Crippen LogP contribution in [0, 0.1) is 5.92 Å². The van der Waals surface area contributed by atoms with Crippen molar-refractivity contribution in [3.05, 3.63) is 35.3 Å². The molecule has 1 saturated heterocycles. The Morgan fingerprint density at radius 2 is 2.19 bits per heavy atom. The van der Waals surface area contributed by atoms with E-state index in [2.05, 4.69) is 4.98 Å². The van der Waals surface area contributed by atoms with Crippen LogP contribution >= 0.6 is 11.3 Å². The predicted molar refractivity (Wildman–Crippen MR) is 81.0 cm³/mol. The van der Waals surface area contributed by atoms with Crippen molar-refractivity contribution in [2.24, 2.45) is 5.92 Å². The predicted octanol–water partition coefficient (Wildman–Crippen LogP) is 2.24. The molecule has 0 spiro atoms. The molecule has 6 heteroatoms. The first-order valence-electron chi connectivity index (χ1n) is 6.69. The molecule has 5 nitrogen and oxygen atoms in total. The molecule has 1 amide bonds. The number of benzene rings is 1. The van der Waals surface area contributed by atoms with E-state index in [0.717, 1.165) is 15.2 Å². The molecule has 0 aliphatic carbocycles. The number of thiazole rings is 1. The summed E-state index contributed by atoms with van der Waals surface area (Å²) in [7, 11) is 0. The van der Waals surface area contributed by atoms with E-state index in [1.165, 1.54) is 17.4 Å². The van der Waals surface area contributed by atoms with Gasteiger partial charge in [0.1, 0.15) is 5.01 Å². The number of rotatable bonds is 3. The molecule has 1 aromatic carbocycles. The number of fused-ring (bicyclic) bond motifs is 1. The van der Waals surface area contributed by atoms with Crippen molar-refractivity contribution in [2.45, 2.75) is 6.42 Å². The van der Waals surface area contributed by atoms with E-state index in [1.54, 1.807) is 11.0 Å². The number of aromatic nitrogens is 1. The van der Waals surface area contributed by atoms with Crippen LogP contribution in [-0.4, -0.2) is 40.0 Å². The van der Waals surface area contributed by atoms with Gasteiger partial charge < -0.3 is 10.0 Å². The fourth-order valence-electron chi connectivity index (χ4n) is 2.37. The maximum absolute atomic E-state index is 12.0. The van der Waals surface area contributed by atoms with Crippen molar-refractivity contribution >= 4 is 39.5 Å². The molecule has 3 rings (SSSR count). The topological polar surface area (TPSA) is 70.5 Å². The first-order valence-corrected chi connectivity index (χ1v) is 7.50. The first kappa shape index (κ1) is 13.8. The molecule has 1 atom stereocenters. The highest BCUT2D eigenvalue weighted by Crippen LogP contribution is 2.23. The lowest BCUT2D eigenvalue weighted by Gasteiger charge is -2.12. The third-order valence-electron chi connectivity index (χ3n) is 3.53. The number of hydrogen-bond donors (Lipinski definition) is 1. The van der Waals surface area contributed by atoms with Gasteiger partial charge in [0.25, 0.3) is 0 Å². The van der Waals surface area contributed by atoms with Gasteiger partial charge in [0.15, 0.2) is 0 Å². The Labute approximate surface area is 125 Å². The molecular formula is C15H14N2O3S. The van der Waals surface area contributed by atoms with Gasteiger partial charge in [-0.25, -0.2) is 4.98 Å². The summed E-state index contributed by atoms with van der Waals surface area (Å²) >= 11 is 1.52. The standard InChI is InChI=1S/C15H14N2O3S/c18-14(17-8-7-10(9-17)15(19)20)6-5-13-16-11-3-1-2-4-12(11)21-13/h1-6,10H,7-9H2,(H,19,20). The molecule has 0 radical (unpaired) electrons. The summed E-state index contributed by atoms with van der Waals surface area (Å²) in [5, 5.41) is 9.71. The average Bonchev–Trinajstić information content (AvgIpc) is 3.11. The summed E-state index contributed by atoms with van der Waals surface area (Å²) in [4.78, 5) is 28.9. The molecule has 2 aromatic rings. The molecule has 1 aliphatic rings. The van der Waals surface area contributed by atoms with Gasteiger partial charge in [0.2, 0.25) is 5.91 Å². The second kappa shape index (κ2) is 5.65. The molecule has 0 saturated carbocycles. The molecule has 21 heavy (non-hydrogen) atoms. The van der Waals surface area contributed by atoms with Gasteiger partial charge >= 0.3 is 5.97 Å². The Hall–Kier alpha value is -2.21. The second-order valence-corrected chi connectivity index (χ2v) is 6.02. The fraction of sp³-hybridized carbons (Fsp3) is 0.267. The van der Waals surface area contributed by atoms with Gasteiger partial charge in [-0.1, -0.05) is 12.1 Å². The van der Waals surface area contributed by atoms with Crippen LogP contribution in [0.4, 0.5) is 0 Å². The van der Waals surface area contributed by atoms with E-state index in [9.17, 15) is 9.59 Å². The van der Waals surface area contributed by atoms with Crippen molar-refractivity contribution in [2.75, 3.05) is 13.1 Å². The zero-order valence-corrected chi connectivity index (χ0v) is 12.0. The van der Waals surface area contributed by atoms with E-state index in [-0.39, 0.29) is 5.91 Å². The van der Waals surface area contributed by atoms with E-state index in [0.29, 0.717) is 19.5 Å². The molecule has 1 aliphatic heterocycles. The van der Waals surface area contributed by atoms with Crippen LogP contribution in [0.2, 0.25) is 0 Å². The third kappa shape index (κ3) is 2.95. The average molecular weight is 302 g/mol. The number of carboxylic acids is 1. The molecule has 2 heterocycles. The number of hydrogen-bond acceptors (Lipinski definition) is 4. The van der Waals surface area contributed by atoms with E-state index >= 15 is 0 Å². The summed E-state index contributed by atoms with van der Waals surface area (Å²) in [6.07, 6.45) is 3.69. The summed E-state index contributed by atoms with van der Waals surface area (Å²) < 4.78 is 1.08. The minimum Gasteiger partial charge on any atom is -0.481 e. The molecule has 0 bridgehead atoms.